The van der Waals surface area contributed by atoms with E-state index in [9.17, 15) is 13.2 Å². The normalized spacial score (nSPS) is 24.0. The van der Waals surface area contributed by atoms with Crippen molar-refractivity contribution in [3.63, 3.8) is 0 Å². The van der Waals surface area contributed by atoms with Gasteiger partial charge in [0.05, 0.1) is 6.61 Å². The molecule has 0 spiro atoms. The van der Waals surface area contributed by atoms with E-state index < -0.39 is 10.2 Å². The number of hydrogen-bond acceptors (Lipinski definition) is 4. The molecule has 25 heavy (non-hydrogen) atoms. The Kier molecular flexibility index (Phi) is 7.67. The van der Waals surface area contributed by atoms with Crippen LogP contribution in [0.2, 0.25) is 0 Å². The van der Waals surface area contributed by atoms with Crippen LogP contribution in [0.1, 0.15) is 39.5 Å². The molecular formula is C17H33N3O4S. The van der Waals surface area contributed by atoms with Gasteiger partial charge in [0, 0.05) is 45.8 Å². The van der Waals surface area contributed by atoms with Crippen molar-refractivity contribution in [3.8, 4) is 0 Å². The van der Waals surface area contributed by atoms with Gasteiger partial charge in [-0.05, 0) is 37.5 Å². The zero-order valence-electron chi connectivity index (χ0n) is 15.7. The molecule has 1 amide bonds. The van der Waals surface area contributed by atoms with Crippen LogP contribution in [0.5, 0.6) is 0 Å². The molecule has 2 rings (SSSR count). The molecule has 0 radical (unpaired) electrons. The van der Waals surface area contributed by atoms with Gasteiger partial charge in [0.25, 0.3) is 10.2 Å². The van der Waals surface area contributed by atoms with Crippen LogP contribution in [-0.4, -0.2) is 70.0 Å². The average molecular weight is 376 g/mol. The molecule has 0 bridgehead atoms. The molecule has 2 saturated heterocycles. The van der Waals surface area contributed by atoms with Gasteiger partial charge in [0.1, 0.15) is 0 Å². The summed E-state index contributed by atoms with van der Waals surface area (Å²) in [6.07, 6.45) is 3.60. The SMILES string of the molecule is COC[C@H]1CCCN(S(=O)(=O)NCC2CCN(C(=O)C(C)C)CC2)C1. The molecular weight excluding hydrogens is 342 g/mol. The predicted molar refractivity (Wildman–Crippen MR) is 97.2 cm³/mol. The van der Waals surface area contributed by atoms with Crippen LogP contribution < -0.4 is 4.72 Å². The molecule has 0 unspecified atom stereocenters. The van der Waals surface area contributed by atoms with Gasteiger partial charge < -0.3 is 9.64 Å². The first-order valence-electron chi connectivity index (χ1n) is 9.36. The highest BCUT2D eigenvalue weighted by Crippen LogP contribution is 2.21. The number of hydrogen-bond donors (Lipinski definition) is 1. The minimum absolute atomic E-state index is 0.0224. The quantitative estimate of drug-likeness (QED) is 0.722. The van der Waals surface area contributed by atoms with E-state index in [0.717, 1.165) is 38.8 Å². The fourth-order valence-corrected chi connectivity index (χ4v) is 5.06. The van der Waals surface area contributed by atoms with Crippen molar-refractivity contribution < 1.29 is 17.9 Å². The van der Waals surface area contributed by atoms with Crippen LogP contribution in [-0.2, 0) is 19.7 Å². The van der Waals surface area contributed by atoms with Gasteiger partial charge >= 0.3 is 0 Å². The monoisotopic (exact) mass is 375 g/mol. The van der Waals surface area contributed by atoms with Crippen LogP contribution in [0.3, 0.4) is 0 Å². The number of ether oxygens (including phenoxy) is 1. The third-order valence-electron chi connectivity index (χ3n) is 5.20. The summed E-state index contributed by atoms with van der Waals surface area (Å²) in [6, 6.07) is 0. The van der Waals surface area contributed by atoms with Crippen molar-refractivity contribution in [1.82, 2.24) is 13.9 Å². The molecule has 146 valence electrons. The van der Waals surface area contributed by atoms with E-state index >= 15 is 0 Å². The Morgan fingerprint density at radius 2 is 1.84 bits per heavy atom. The Labute approximate surface area is 152 Å². The number of methoxy groups -OCH3 is 1. The van der Waals surface area contributed by atoms with Crippen molar-refractivity contribution in [2.24, 2.45) is 17.8 Å². The first-order chi connectivity index (χ1) is 11.8. The van der Waals surface area contributed by atoms with E-state index in [0.29, 0.717) is 32.2 Å². The molecule has 0 aliphatic carbocycles. The second-order valence-electron chi connectivity index (χ2n) is 7.60. The summed E-state index contributed by atoms with van der Waals surface area (Å²) >= 11 is 0. The maximum atomic E-state index is 12.5. The zero-order valence-corrected chi connectivity index (χ0v) is 16.6. The lowest BCUT2D eigenvalue weighted by Gasteiger charge is -2.34. The van der Waals surface area contributed by atoms with Crippen LogP contribution in [0.4, 0.5) is 0 Å². The van der Waals surface area contributed by atoms with Gasteiger partial charge in [0.15, 0.2) is 0 Å². The first kappa shape index (κ1) is 20.6. The molecule has 0 saturated carbocycles. The molecule has 1 N–H and O–H groups in total. The molecule has 0 aromatic rings. The number of carbonyl (C=O) groups is 1. The van der Waals surface area contributed by atoms with E-state index in [-0.39, 0.29) is 17.7 Å². The summed E-state index contributed by atoms with van der Waals surface area (Å²) in [5, 5.41) is 0. The summed E-state index contributed by atoms with van der Waals surface area (Å²) in [6.45, 7) is 7.45. The third kappa shape index (κ3) is 5.91. The molecule has 1 atom stereocenters. The molecule has 7 nitrogen and oxygen atoms in total. The number of piperidine rings is 2. The van der Waals surface area contributed by atoms with E-state index in [1.54, 1.807) is 11.4 Å². The number of likely N-dealkylation sites (tertiary alicyclic amines) is 1. The largest absolute Gasteiger partial charge is 0.384 e. The molecule has 0 aromatic carbocycles. The van der Waals surface area contributed by atoms with Gasteiger partial charge in [-0.15, -0.1) is 0 Å². The van der Waals surface area contributed by atoms with Crippen LogP contribution in [0, 0.1) is 17.8 Å². The second kappa shape index (κ2) is 9.30. The van der Waals surface area contributed by atoms with Gasteiger partial charge in [-0.3, -0.25) is 4.79 Å². The number of rotatable bonds is 7. The van der Waals surface area contributed by atoms with Crippen LogP contribution >= 0.6 is 0 Å². The Bertz CT molecular complexity index is 528. The van der Waals surface area contributed by atoms with Crippen molar-refractivity contribution >= 4 is 16.1 Å². The number of carbonyl (C=O) groups excluding carboxylic acids is 1. The van der Waals surface area contributed by atoms with Crippen LogP contribution in [0.15, 0.2) is 0 Å². The fraction of sp³-hybridized carbons (Fsp3) is 0.941. The highest BCUT2D eigenvalue weighted by Gasteiger charge is 2.30. The third-order valence-corrected chi connectivity index (χ3v) is 6.74. The van der Waals surface area contributed by atoms with Gasteiger partial charge in [-0.25, -0.2) is 4.72 Å². The summed E-state index contributed by atoms with van der Waals surface area (Å²) in [5.74, 6) is 0.789. The zero-order chi connectivity index (χ0) is 18.4. The Balaban J connectivity index is 1.78. The average Bonchev–Trinajstić information content (AvgIpc) is 2.60. The lowest BCUT2D eigenvalue weighted by molar-refractivity contribution is -0.135. The fourth-order valence-electron chi connectivity index (χ4n) is 3.65. The Morgan fingerprint density at radius 1 is 1.16 bits per heavy atom. The van der Waals surface area contributed by atoms with E-state index in [2.05, 4.69) is 4.72 Å². The van der Waals surface area contributed by atoms with Crippen molar-refractivity contribution in [2.75, 3.05) is 46.4 Å². The Morgan fingerprint density at radius 3 is 2.44 bits per heavy atom. The van der Waals surface area contributed by atoms with Crippen molar-refractivity contribution in [1.29, 1.82) is 0 Å². The summed E-state index contributed by atoms with van der Waals surface area (Å²) < 4.78 is 34.6. The van der Waals surface area contributed by atoms with E-state index in [1.165, 1.54) is 0 Å². The van der Waals surface area contributed by atoms with Gasteiger partial charge in [-0.2, -0.15) is 12.7 Å². The first-order valence-corrected chi connectivity index (χ1v) is 10.8. The maximum Gasteiger partial charge on any atom is 0.279 e. The predicted octanol–water partition coefficient (Wildman–Crippen LogP) is 1.07. The highest BCUT2D eigenvalue weighted by molar-refractivity contribution is 7.87. The van der Waals surface area contributed by atoms with E-state index in [1.807, 2.05) is 18.7 Å². The van der Waals surface area contributed by atoms with Crippen LogP contribution in [0.25, 0.3) is 0 Å². The molecule has 2 heterocycles. The molecule has 2 fully saturated rings. The molecule has 2 aliphatic rings. The molecule has 2 aliphatic heterocycles. The maximum absolute atomic E-state index is 12.5. The number of amides is 1. The topological polar surface area (TPSA) is 79.0 Å². The Hall–Kier alpha value is -0.700. The number of nitrogens with zero attached hydrogens (tertiary/aromatic N) is 2. The summed E-state index contributed by atoms with van der Waals surface area (Å²) in [7, 11) is -1.78. The minimum Gasteiger partial charge on any atom is -0.384 e. The smallest absolute Gasteiger partial charge is 0.279 e. The second-order valence-corrected chi connectivity index (χ2v) is 9.35. The summed E-state index contributed by atoms with van der Waals surface area (Å²) in [5.41, 5.74) is 0. The van der Waals surface area contributed by atoms with E-state index in [4.69, 9.17) is 4.74 Å². The molecule has 0 aromatic heterocycles. The van der Waals surface area contributed by atoms with Gasteiger partial charge in [-0.1, -0.05) is 13.8 Å². The standard InChI is InChI=1S/C17H33N3O4S/c1-14(2)17(21)19-9-6-15(7-10-19)11-18-25(22,23)20-8-4-5-16(12-20)13-24-3/h14-16,18H,4-13H2,1-3H3/t16-/m0/s1. The van der Waals surface area contributed by atoms with Gasteiger partial charge in [0.2, 0.25) is 5.91 Å². The highest BCUT2D eigenvalue weighted by atomic mass is 32.2. The van der Waals surface area contributed by atoms with Crippen molar-refractivity contribution in [2.45, 2.75) is 39.5 Å². The molecule has 8 heteroatoms. The van der Waals surface area contributed by atoms with Crippen molar-refractivity contribution in [3.05, 3.63) is 0 Å². The number of nitrogens with one attached hydrogen (secondary N) is 1. The minimum atomic E-state index is -3.43. The lowest BCUT2D eigenvalue weighted by atomic mass is 9.96. The summed E-state index contributed by atoms with van der Waals surface area (Å²) in [4.78, 5) is 13.9. The lowest BCUT2D eigenvalue weighted by Crippen LogP contribution is -2.49.